The Balaban J connectivity index is 0.000000366. The first-order chi connectivity index (χ1) is 14.8. The van der Waals surface area contributed by atoms with E-state index in [1.807, 2.05) is 24.3 Å². The van der Waals surface area contributed by atoms with E-state index in [9.17, 15) is 14.4 Å². The zero-order valence-corrected chi connectivity index (χ0v) is 17.2. The molecular formula is C21H24N4O6. The normalized spacial score (nSPS) is 12.8. The Morgan fingerprint density at radius 3 is 2.32 bits per heavy atom. The van der Waals surface area contributed by atoms with Gasteiger partial charge in [-0.3, -0.25) is 4.98 Å². The molecule has 0 saturated heterocycles. The number of carbonyl (C=O) groups is 3. The number of rotatable bonds is 5. The molecular weight excluding hydrogens is 404 g/mol. The number of aliphatic carboxylic acids is 2. The van der Waals surface area contributed by atoms with E-state index >= 15 is 0 Å². The fraction of sp³-hybridized carbons (Fsp3) is 0.238. The molecule has 1 amide bonds. The molecule has 2 aromatic rings. The number of carboxylic acids is 2. The van der Waals surface area contributed by atoms with Gasteiger partial charge in [0, 0.05) is 57.3 Å². The number of ether oxygens (including phenoxy) is 1. The Labute approximate surface area is 179 Å². The number of aromatic nitrogens is 1. The van der Waals surface area contributed by atoms with Crippen molar-refractivity contribution in [2.75, 3.05) is 26.1 Å². The number of pyridine rings is 1. The second kappa shape index (κ2) is 11.3. The van der Waals surface area contributed by atoms with Crippen molar-refractivity contribution in [3.05, 3.63) is 66.0 Å². The van der Waals surface area contributed by atoms with Crippen molar-refractivity contribution in [2.24, 2.45) is 0 Å². The molecule has 3 N–H and O–H groups in total. The molecule has 2 heterocycles. The molecule has 3 rings (SSSR count). The maximum atomic E-state index is 11.8. The fourth-order valence-electron chi connectivity index (χ4n) is 2.68. The van der Waals surface area contributed by atoms with E-state index < -0.39 is 11.9 Å². The van der Waals surface area contributed by atoms with Crippen LogP contribution in [-0.2, 0) is 22.6 Å². The average molecular weight is 428 g/mol. The van der Waals surface area contributed by atoms with Gasteiger partial charge in [0.05, 0.1) is 5.69 Å². The SMILES string of the molecule is CN(C)C(=O)Oc1cccc2c1CN(Nc1ccncc1)CC2.O=C(O)C=CC(=O)O. The molecule has 10 nitrogen and oxygen atoms in total. The number of carbonyl (C=O) groups excluding carboxylic acids is 1. The van der Waals surface area contributed by atoms with Gasteiger partial charge < -0.3 is 25.3 Å². The van der Waals surface area contributed by atoms with Crippen molar-refractivity contribution < 1.29 is 29.3 Å². The number of fused-ring (bicyclic) bond motifs is 1. The molecule has 0 aliphatic carbocycles. The first kappa shape index (κ1) is 23.4. The predicted molar refractivity (Wildman–Crippen MR) is 113 cm³/mol. The lowest BCUT2D eigenvalue weighted by molar-refractivity contribution is -0.134. The fourth-order valence-corrected chi connectivity index (χ4v) is 2.68. The molecule has 0 unspecified atom stereocenters. The summed E-state index contributed by atoms with van der Waals surface area (Å²) in [5, 5.41) is 17.7. The van der Waals surface area contributed by atoms with Crippen molar-refractivity contribution in [3.8, 4) is 5.75 Å². The molecule has 31 heavy (non-hydrogen) atoms. The molecule has 0 spiro atoms. The quantitative estimate of drug-likeness (QED) is 0.613. The van der Waals surface area contributed by atoms with Crippen LogP contribution in [0.4, 0.5) is 10.5 Å². The maximum Gasteiger partial charge on any atom is 0.414 e. The second-order valence-corrected chi connectivity index (χ2v) is 6.69. The van der Waals surface area contributed by atoms with Crippen LogP contribution in [0.3, 0.4) is 0 Å². The van der Waals surface area contributed by atoms with Gasteiger partial charge in [0.15, 0.2) is 0 Å². The summed E-state index contributed by atoms with van der Waals surface area (Å²) in [4.78, 5) is 36.4. The number of anilines is 1. The topological polar surface area (TPSA) is 132 Å². The third-order valence-corrected chi connectivity index (χ3v) is 4.13. The molecule has 10 heteroatoms. The van der Waals surface area contributed by atoms with E-state index in [0.29, 0.717) is 24.4 Å². The monoisotopic (exact) mass is 428 g/mol. The van der Waals surface area contributed by atoms with Gasteiger partial charge in [0.25, 0.3) is 0 Å². The first-order valence-electron chi connectivity index (χ1n) is 9.31. The minimum Gasteiger partial charge on any atom is -0.478 e. The van der Waals surface area contributed by atoms with Crippen LogP contribution in [0, 0.1) is 0 Å². The smallest absolute Gasteiger partial charge is 0.414 e. The Morgan fingerprint density at radius 1 is 1.10 bits per heavy atom. The number of hydrogen-bond acceptors (Lipinski definition) is 7. The van der Waals surface area contributed by atoms with Crippen molar-refractivity contribution in [1.29, 1.82) is 0 Å². The molecule has 164 valence electrons. The van der Waals surface area contributed by atoms with E-state index in [4.69, 9.17) is 14.9 Å². The van der Waals surface area contributed by atoms with E-state index in [1.54, 1.807) is 26.5 Å². The number of nitrogens with zero attached hydrogens (tertiary/aromatic N) is 3. The maximum absolute atomic E-state index is 11.8. The summed E-state index contributed by atoms with van der Waals surface area (Å²) in [6, 6.07) is 9.71. The lowest BCUT2D eigenvalue weighted by atomic mass is 10.00. The number of carboxylic acid groups (broad SMARTS) is 2. The average Bonchev–Trinajstić information content (AvgIpc) is 2.74. The van der Waals surface area contributed by atoms with Crippen molar-refractivity contribution in [3.63, 3.8) is 0 Å². The van der Waals surface area contributed by atoms with E-state index in [2.05, 4.69) is 21.5 Å². The molecule has 0 saturated carbocycles. The minimum absolute atomic E-state index is 0.363. The van der Waals surface area contributed by atoms with Gasteiger partial charge in [0.1, 0.15) is 5.75 Å². The first-order valence-corrected chi connectivity index (χ1v) is 9.31. The minimum atomic E-state index is -1.26. The lowest BCUT2D eigenvalue weighted by Gasteiger charge is -2.30. The summed E-state index contributed by atoms with van der Waals surface area (Å²) in [6.45, 7) is 1.56. The summed E-state index contributed by atoms with van der Waals surface area (Å²) in [5.41, 5.74) is 6.63. The largest absolute Gasteiger partial charge is 0.478 e. The number of benzene rings is 1. The summed E-state index contributed by atoms with van der Waals surface area (Å²) in [6.07, 6.45) is 5.16. The van der Waals surface area contributed by atoms with Crippen LogP contribution in [0.15, 0.2) is 54.9 Å². The van der Waals surface area contributed by atoms with Gasteiger partial charge in [-0.05, 0) is 30.2 Å². The summed E-state index contributed by atoms with van der Waals surface area (Å²) in [7, 11) is 3.35. The van der Waals surface area contributed by atoms with Gasteiger partial charge in [-0.2, -0.15) is 0 Å². The number of nitrogens with one attached hydrogen (secondary N) is 1. The third kappa shape index (κ3) is 7.78. The van der Waals surface area contributed by atoms with Crippen molar-refractivity contribution in [1.82, 2.24) is 14.9 Å². The van der Waals surface area contributed by atoms with Crippen LogP contribution >= 0.6 is 0 Å². The van der Waals surface area contributed by atoms with E-state index in [-0.39, 0.29) is 6.09 Å². The summed E-state index contributed by atoms with van der Waals surface area (Å²) < 4.78 is 5.50. The van der Waals surface area contributed by atoms with Crippen LogP contribution in [-0.4, -0.2) is 63.8 Å². The predicted octanol–water partition coefficient (Wildman–Crippen LogP) is 2.24. The number of hydrazine groups is 1. The van der Waals surface area contributed by atoms with Gasteiger partial charge >= 0.3 is 18.0 Å². The number of amides is 1. The van der Waals surface area contributed by atoms with Crippen molar-refractivity contribution >= 4 is 23.7 Å². The Hall–Kier alpha value is -3.92. The lowest BCUT2D eigenvalue weighted by Crippen LogP contribution is -2.36. The molecule has 0 bridgehead atoms. The standard InChI is InChI=1S/C17H20N4O2.C4H4O4/c1-20(2)17(22)23-16-5-3-4-13-8-11-21(12-15(13)16)19-14-6-9-18-10-7-14;5-3(6)1-2-4(7)8/h3-7,9-10H,8,11-12H2,1-2H3,(H,18,19);1-2H,(H,5,6)(H,7,8). The highest BCUT2D eigenvalue weighted by atomic mass is 16.6. The highest BCUT2D eigenvalue weighted by Gasteiger charge is 2.21. The molecule has 0 fully saturated rings. The van der Waals surface area contributed by atoms with Crippen molar-refractivity contribution in [2.45, 2.75) is 13.0 Å². The summed E-state index contributed by atoms with van der Waals surface area (Å²) in [5.74, 6) is -1.89. The number of hydrogen-bond donors (Lipinski definition) is 3. The van der Waals surface area contributed by atoms with E-state index in [1.165, 1.54) is 10.5 Å². The van der Waals surface area contributed by atoms with Crippen LogP contribution in [0.1, 0.15) is 11.1 Å². The van der Waals surface area contributed by atoms with Gasteiger partial charge in [-0.1, -0.05) is 12.1 Å². The molecule has 1 aromatic carbocycles. The Morgan fingerprint density at radius 2 is 1.74 bits per heavy atom. The second-order valence-electron chi connectivity index (χ2n) is 6.69. The molecule has 1 aliphatic rings. The molecule has 0 radical (unpaired) electrons. The highest BCUT2D eigenvalue weighted by Crippen LogP contribution is 2.28. The highest BCUT2D eigenvalue weighted by molar-refractivity contribution is 5.89. The molecule has 1 aliphatic heterocycles. The Bertz CT molecular complexity index is 930. The van der Waals surface area contributed by atoms with Crippen LogP contribution in [0.5, 0.6) is 5.75 Å². The zero-order chi connectivity index (χ0) is 22.8. The van der Waals surface area contributed by atoms with Gasteiger partial charge in [-0.25, -0.2) is 19.4 Å². The van der Waals surface area contributed by atoms with Gasteiger partial charge in [0.2, 0.25) is 0 Å². The zero-order valence-electron chi connectivity index (χ0n) is 17.2. The summed E-state index contributed by atoms with van der Waals surface area (Å²) >= 11 is 0. The Kier molecular flexibility index (Phi) is 8.52. The van der Waals surface area contributed by atoms with Crippen LogP contribution in [0.2, 0.25) is 0 Å². The van der Waals surface area contributed by atoms with Crippen LogP contribution in [0.25, 0.3) is 0 Å². The molecule has 0 atom stereocenters. The van der Waals surface area contributed by atoms with E-state index in [0.717, 1.165) is 24.2 Å². The molecule has 1 aromatic heterocycles. The van der Waals surface area contributed by atoms with Crippen LogP contribution < -0.4 is 10.2 Å². The van der Waals surface area contributed by atoms with Gasteiger partial charge in [-0.15, -0.1) is 0 Å². The third-order valence-electron chi connectivity index (χ3n) is 4.13.